The van der Waals surface area contributed by atoms with E-state index in [9.17, 15) is 8.78 Å². The third kappa shape index (κ3) is 1.89. The van der Waals surface area contributed by atoms with E-state index in [0.717, 1.165) is 6.07 Å². The third-order valence-corrected chi connectivity index (χ3v) is 2.57. The van der Waals surface area contributed by atoms with Crippen molar-refractivity contribution < 1.29 is 13.5 Å². The normalized spacial score (nSPS) is 19.4. The van der Waals surface area contributed by atoms with Crippen LogP contribution in [0.15, 0.2) is 12.1 Å². The van der Waals surface area contributed by atoms with Crippen molar-refractivity contribution in [2.45, 2.75) is 19.9 Å². The highest BCUT2D eigenvalue weighted by atomic mass is 19.1. The van der Waals surface area contributed by atoms with Gasteiger partial charge in [0, 0.05) is 12.1 Å². The van der Waals surface area contributed by atoms with E-state index in [1.807, 2.05) is 13.8 Å². The molecule has 0 saturated carbocycles. The van der Waals surface area contributed by atoms with Crippen molar-refractivity contribution in [2.75, 3.05) is 11.9 Å². The molecule has 0 bridgehead atoms. The van der Waals surface area contributed by atoms with Crippen LogP contribution in [0.4, 0.5) is 14.5 Å². The van der Waals surface area contributed by atoms with E-state index in [1.165, 1.54) is 6.07 Å². The van der Waals surface area contributed by atoms with E-state index in [1.54, 1.807) is 0 Å². The van der Waals surface area contributed by atoms with Crippen LogP contribution < -0.4 is 10.1 Å². The van der Waals surface area contributed by atoms with Crippen LogP contribution in [-0.2, 0) is 0 Å². The van der Waals surface area contributed by atoms with E-state index in [4.69, 9.17) is 4.74 Å². The third-order valence-electron chi connectivity index (χ3n) is 2.57. The molecule has 1 aromatic rings. The zero-order valence-corrected chi connectivity index (χ0v) is 8.68. The minimum Gasteiger partial charge on any atom is -0.489 e. The molecule has 1 heterocycles. The molecule has 0 saturated heterocycles. The van der Waals surface area contributed by atoms with Crippen molar-refractivity contribution in [3.05, 3.63) is 23.8 Å². The number of anilines is 1. The van der Waals surface area contributed by atoms with E-state index >= 15 is 0 Å². The lowest BCUT2D eigenvalue weighted by atomic mass is 10.0. The summed E-state index contributed by atoms with van der Waals surface area (Å²) in [5.74, 6) is -0.626. The Hall–Kier alpha value is -1.32. The van der Waals surface area contributed by atoms with Crippen molar-refractivity contribution in [1.82, 2.24) is 0 Å². The minimum absolute atomic E-state index is 0.0671. The Morgan fingerprint density at radius 1 is 1.40 bits per heavy atom. The van der Waals surface area contributed by atoms with Crippen LogP contribution >= 0.6 is 0 Å². The summed E-state index contributed by atoms with van der Waals surface area (Å²) in [6.45, 7) is 4.48. The van der Waals surface area contributed by atoms with Crippen LogP contribution in [-0.4, -0.2) is 12.6 Å². The van der Waals surface area contributed by atoms with Gasteiger partial charge in [-0.2, -0.15) is 0 Å². The molecular formula is C11H13F2NO. The lowest BCUT2D eigenvalue weighted by Crippen LogP contribution is -2.36. The summed E-state index contributed by atoms with van der Waals surface area (Å²) in [6, 6.07) is 2.12. The van der Waals surface area contributed by atoms with Gasteiger partial charge in [-0.05, 0) is 5.92 Å². The van der Waals surface area contributed by atoms with Gasteiger partial charge in [0.1, 0.15) is 23.9 Å². The fourth-order valence-electron chi connectivity index (χ4n) is 1.57. The number of halogens is 2. The first-order valence-corrected chi connectivity index (χ1v) is 4.96. The Morgan fingerprint density at radius 3 is 2.80 bits per heavy atom. The molecule has 0 aromatic heterocycles. The second-order valence-electron chi connectivity index (χ2n) is 4.07. The van der Waals surface area contributed by atoms with Crippen LogP contribution in [0.5, 0.6) is 5.75 Å². The Morgan fingerprint density at radius 2 is 2.13 bits per heavy atom. The van der Waals surface area contributed by atoms with Crippen molar-refractivity contribution in [3.63, 3.8) is 0 Å². The molecule has 4 heteroatoms. The molecule has 1 aliphatic rings. The van der Waals surface area contributed by atoms with Crippen LogP contribution in [0.2, 0.25) is 0 Å². The van der Waals surface area contributed by atoms with Gasteiger partial charge in [-0.15, -0.1) is 0 Å². The summed E-state index contributed by atoms with van der Waals surface area (Å²) >= 11 is 0. The van der Waals surface area contributed by atoms with Gasteiger partial charge in [0.2, 0.25) is 0 Å². The minimum atomic E-state index is -0.615. The molecule has 1 aliphatic heterocycles. The molecule has 15 heavy (non-hydrogen) atoms. The first-order valence-electron chi connectivity index (χ1n) is 4.96. The van der Waals surface area contributed by atoms with Crippen molar-refractivity contribution in [3.8, 4) is 5.75 Å². The Labute approximate surface area is 87.2 Å². The second kappa shape index (κ2) is 3.68. The summed E-state index contributed by atoms with van der Waals surface area (Å²) in [5, 5.41) is 3.03. The molecule has 1 unspecified atom stereocenters. The number of fused-ring (bicyclic) bond motifs is 1. The number of nitrogens with one attached hydrogen (secondary N) is 1. The maximum absolute atomic E-state index is 13.4. The zero-order valence-electron chi connectivity index (χ0n) is 8.68. The Kier molecular flexibility index (Phi) is 2.50. The zero-order chi connectivity index (χ0) is 11.0. The molecule has 2 nitrogen and oxygen atoms in total. The van der Waals surface area contributed by atoms with Crippen LogP contribution in [0, 0.1) is 17.6 Å². The SMILES string of the molecule is CC(C)C1COc2cc(F)cc(F)c2N1. The molecular weight excluding hydrogens is 200 g/mol. The topological polar surface area (TPSA) is 21.3 Å². The molecule has 0 spiro atoms. The molecule has 0 amide bonds. The monoisotopic (exact) mass is 213 g/mol. The number of hydrogen-bond acceptors (Lipinski definition) is 2. The predicted octanol–water partition coefficient (Wildman–Crippen LogP) is 2.79. The highest BCUT2D eigenvalue weighted by Gasteiger charge is 2.24. The van der Waals surface area contributed by atoms with Crippen molar-refractivity contribution in [2.24, 2.45) is 5.92 Å². The van der Waals surface area contributed by atoms with Gasteiger partial charge >= 0.3 is 0 Å². The number of rotatable bonds is 1. The maximum atomic E-state index is 13.4. The largest absolute Gasteiger partial charge is 0.489 e. The number of ether oxygens (including phenoxy) is 1. The summed E-state index contributed by atoms with van der Waals surface area (Å²) in [6.07, 6.45) is 0. The van der Waals surface area contributed by atoms with Gasteiger partial charge in [0.15, 0.2) is 5.82 Å². The van der Waals surface area contributed by atoms with Crippen molar-refractivity contribution in [1.29, 1.82) is 0 Å². The summed E-state index contributed by atoms with van der Waals surface area (Å²) in [7, 11) is 0. The molecule has 1 atom stereocenters. The molecule has 0 fully saturated rings. The number of hydrogen-bond donors (Lipinski definition) is 1. The molecule has 0 radical (unpaired) electrons. The highest BCUT2D eigenvalue weighted by molar-refractivity contribution is 5.59. The van der Waals surface area contributed by atoms with Gasteiger partial charge in [-0.3, -0.25) is 0 Å². The van der Waals surface area contributed by atoms with Gasteiger partial charge in [-0.25, -0.2) is 8.78 Å². The highest BCUT2D eigenvalue weighted by Crippen LogP contribution is 2.33. The molecule has 0 aliphatic carbocycles. The summed E-state index contributed by atoms with van der Waals surface area (Å²) in [5.41, 5.74) is 0.265. The molecule has 1 aromatic carbocycles. The Bertz CT molecular complexity index is 379. The fourth-order valence-corrected chi connectivity index (χ4v) is 1.57. The average molecular weight is 213 g/mol. The summed E-state index contributed by atoms with van der Waals surface area (Å²) in [4.78, 5) is 0. The van der Waals surface area contributed by atoms with Gasteiger partial charge in [-0.1, -0.05) is 13.8 Å². The smallest absolute Gasteiger partial charge is 0.153 e. The van der Waals surface area contributed by atoms with Crippen LogP contribution in [0.25, 0.3) is 0 Å². The van der Waals surface area contributed by atoms with E-state index < -0.39 is 11.6 Å². The first-order chi connectivity index (χ1) is 7.08. The van der Waals surface area contributed by atoms with E-state index in [2.05, 4.69) is 5.32 Å². The van der Waals surface area contributed by atoms with Crippen LogP contribution in [0.3, 0.4) is 0 Å². The second-order valence-corrected chi connectivity index (χ2v) is 4.07. The van der Waals surface area contributed by atoms with Gasteiger partial charge < -0.3 is 10.1 Å². The van der Waals surface area contributed by atoms with E-state index in [-0.39, 0.29) is 17.5 Å². The first kappa shape index (κ1) is 10.2. The molecule has 1 N–H and O–H groups in total. The van der Waals surface area contributed by atoms with Gasteiger partial charge in [0.25, 0.3) is 0 Å². The Balaban J connectivity index is 2.33. The predicted molar refractivity (Wildman–Crippen MR) is 54.1 cm³/mol. The number of benzene rings is 1. The van der Waals surface area contributed by atoms with Crippen LogP contribution in [0.1, 0.15) is 13.8 Å². The summed E-state index contributed by atoms with van der Waals surface area (Å²) < 4.78 is 31.6. The lowest BCUT2D eigenvalue weighted by molar-refractivity contribution is 0.254. The molecule has 2 rings (SSSR count). The fraction of sp³-hybridized carbons (Fsp3) is 0.455. The van der Waals surface area contributed by atoms with E-state index in [0.29, 0.717) is 12.5 Å². The quantitative estimate of drug-likeness (QED) is 0.774. The molecule has 82 valence electrons. The van der Waals surface area contributed by atoms with Gasteiger partial charge in [0.05, 0.1) is 6.04 Å². The lowest BCUT2D eigenvalue weighted by Gasteiger charge is -2.30. The van der Waals surface area contributed by atoms with Crippen molar-refractivity contribution >= 4 is 5.69 Å². The average Bonchev–Trinajstić information content (AvgIpc) is 2.16. The maximum Gasteiger partial charge on any atom is 0.153 e. The standard InChI is InChI=1S/C11H13F2NO/c1-6(2)9-5-15-10-4-7(12)3-8(13)11(10)14-9/h3-4,6,9,14H,5H2,1-2H3.